The number of benzene rings is 2. The number of hydrogen-bond acceptors (Lipinski definition) is 3. The first-order valence-electron chi connectivity index (χ1n) is 6.50. The Kier molecular flexibility index (Phi) is 5.36. The van der Waals surface area contributed by atoms with Crippen molar-refractivity contribution in [3.8, 4) is 5.75 Å². The van der Waals surface area contributed by atoms with Crippen molar-refractivity contribution in [2.24, 2.45) is 5.73 Å². The first-order valence-corrected chi connectivity index (χ1v) is 7.29. The molecule has 0 aromatic heterocycles. The average molecular weight is 350 g/mol. The van der Waals surface area contributed by atoms with Gasteiger partial charge in [-0.1, -0.05) is 40.2 Å². The predicted octanol–water partition coefficient (Wildman–Crippen LogP) is 3.11. The standard InChI is InChI=1S/C16H16BrNO3/c17-15-6-5-14(7-13(15)9-18)21-10-12-4-2-1-3-11(12)8-16(19)20/h1-7H,8-10,18H2,(H,19,20). The van der Waals surface area contributed by atoms with E-state index in [4.69, 9.17) is 15.6 Å². The maximum Gasteiger partial charge on any atom is 0.307 e. The molecule has 3 N–H and O–H groups in total. The molecule has 0 fully saturated rings. The van der Waals surface area contributed by atoms with Crippen LogP contribution < -0.4 is 10.5 Å². The Labute approximate surface area is 131 Å². The third-order valence-corrected chi connectivity index (χ3v) is 3.87. The Balaban J connectivity index is 2.11. The van der Waals surface area contributed by atoms with Crippen molar-refractivity contribution in [3.63, 3.8) is 0 Å². The summed E-state index contributed by atoms with van der Waals surface area (Å²) in [5, 5.41) is 8.92. The van der Waals surface area contributed by atoms with Gasteiger partial charge in [0.25, 0.3) is 0 Å². The van der Waals surface area contributed by atoms with Crippen molar-refractivity contribution in [1.29, 1.82) is 0 Å². The van der Waals surface area contributed by atoms with E-state index in [-0.39, 0.29) is 6.42 Å². The molecular formula is C16H16BrNO3. The van der Waals surface area contributed by atoms with Crippen molar-refractivity contribution < 1.29 is 14.6 Å². The number of aliphatic carboxylic acids is 1. The molecule has 110 valence electrons. The molecule has 0 radical (unpaired) electrons. The van der Waals surface area contributed by atoms with Crippen LogP contribution in [0.2, 0.25) is 0 Å². The molecule has 2 aromatic carbocycles. The predicted molar refractivity (Wildman–Crippen MR) is 84.1 cm³/mol. The van der Waals surface area contributed by atoms with Crippen LogP contribution in [0.4, 0.5) is 0 Å². The minimum atomic E-state index is -0.850. The van der Waals surface area contributed by atoms with E-state index < -0.39 is 5.97 Å². The molecule has 0 bridgehead atoms. The molecule has 2 aromatic rings. The van der Waals surface area contributed by atoms with E-state index in [1.54, 1.807) is 6.07 Å². The third kappa shape index (κ3) is 4.31. The molecule has 0 unspecified atom stereocenters. The summed E-state index contributed by atoms with van der Waals surface area (Å²) in [7, 11) is 0. The van der Waals surface area contributed by atoms with E-state index in [9.17, 15) is 4.79 Å². The first-order chi connectivity index (χ1) is 10.1. The van der Waals surface area contributed by atoms with Gasteiger partial charge in [-0.25, -0.2) is 0 Å². The Morgan fingerprint density at radius 2 is 1.86 bits per heavy atom. The van der Waals surface area contributed by atoms with Crippen LogP contribution in [-0.4, -0.2) is 11.1 Å². The second kappa shape index (κ2) is 7.24. The van der Waals surface area contributed by atoms with E-state index in [1.807, 2.05) is 36.4 Å². The summed E-state index contributed by atoms with van der Waals surface area (Å²) in [5.74, 6) is -0.139. The van der Waals surface area contributed by atoms with Gasteiger partial charge in [0.1, 0.15) is 12.4 Å². The second-order valence-corrected chi connectivity index (χ2v) is 5.44. The summed E-state index contributed by atoms with van der Waals surface area (Å²) in [4.78, 5) is 10.9. The zero-order valence-corrected chi connectivity index (χ0v) is 13.0. The Hall–Kier alpha value is -1.85. The lowest BCUT2D eigenvalue weighted by atomic mass is 10.1. The zero-order chi connectivity index (χ0) is 15.2. The molecule has 0 atom stereocenters. The lowest BCUT2D eigenvalue weighted by molar-refractivity contribution is -0.136. The van der Waals surface area contributed by atoms with Gasteiger partial charge in [0, 0.05) is 11.0 Å². The number of nitrogens with two attached hydrogens (primary N) is 1. The highest BCUT2D eigenvalue weighted by molar-refractivity contribution is 9.10. The molecule has 21 heavy (non-hydrogen) atoms. The second-order valence-electron chi connectivity index (χ2n) is 4.59. The van der Waals surface area contributed by atoms with Crippen molar-refractivity contribution in [1.82, 2.24) is 0 Å². The number of carbonyl (C=O) groups is 1. The minimum Gasteiger partial charge on any atom is -0.489 e. The normalized spacial score (nSPS) is 10.4. The number of hydrogen-bond donors (Lipinski definition) is 2. The van der Waals surface area contributed by atoms with Gasteiger partial charge in [0.05, 0.1) is 6.42 Å². The van der Waals surface area contributed by atoms with Gasteiger partial charge < -0.3 is 15.6 Å². The quantitative estimate of drug-likeness (QED) is 0.840. The molecule has 0 spiro atoms. The molecule has 0 amide bonds. The van der Waals surface area contributed by atoms with Gasteiger partial charge in [-0.15, -0.1) is 0 Å². The lowest BCUT2D eigenvalue weighted by Crippen LogP contribution is -2.06. The van der Waals surface area contributed by atoms with Gasteiger partial charge in [0.2, 0.25) is 0 Å². The molecule has 0 aliphatic carbocycles. The molecule has 4 nitrogen and oxygen atoms in total. The zero-order valence-electron chi connectivity index (χ0n) is 11.4. The van der Waals surface area contributed by atoms with Crippen molar-refractivity contribution in [3.05, 3.63) is 63.6 Å². The van der Waals surface area contributed by atoms with Crippen molar-refractivity contribution in [2.45, 2.75) is 19.6 Å². The van der Waals surface area contributed by atoms with E-state index >= 15 is 0 Å². The van der Waals surface area contributed by atoms with E-state index in [1.165, 1.54) is 0 Å². The van der Waals surface area contributed by atoms with Gasteiger partial charge in [-0.05, 0) is 34.9 Å². The Bertz CT molecular complexity index is 643. The topological polar surface area (TPSA) is 72.5 Å². The molecule has 0 saturated heterocycles. The summed E-state index contributed by atoms with van der Waals surface area (Å²) in [6.07, 6.45) is -0.00603. The highest BCUT2D eigenvalue weighted by atomic mass is 79.9. The molecule has 2 rings (SSSR count). The van der Waals surface area contributed by atoms with Gasteiger partial charge in [0.15, 0.2) is 0 Å². The number of ether oxygens (including phenoxy) is 1. The highest BCUT2D eigenvalue weighted by Gasteiger charge is 2.07. The fraction of sp³-hybridized carbons (Fsp3) is 0.188. The van der Waals surface area contributed by atoms with E-state index in [0.29, 0.717) is 18.9 Å². The molecule has 5 heteroatoms. The highest BCUT2D eigenvalue weighted by Crippen LogP contribution is 2.23. The molecule has 0 aliphatic heterocycles. The maximum absolute atomic E-state index is 10.9. The maximum atomic E-state index is 10.9. The molecule has 0 aliphatic rings. The summed E-state index contributed by atoms with van der Waals surface area (Å²) in [6, 6.07) is 13.0. The van der Waals surface area contributed by atoms with Crippen LogP contribution >= 0.6 is 15.9 Å². The number of carboxylic acids is 1. The van der Waals surface area contributed by atoms with Crippen LogP contribution in [0.25, 0.3) is 0 Å². The van der Waals surface area contributed by atoms with Crippen LogP contribution in [0.15, 0.2) is 46.9 Å². The minimum absolute atomic E-state index is 0.00603. The van der Waals surface area contributed by atoms with Crippen LogP contribution in [0.5, 0.6) is 5.75 Å². The monoisotopic (exact) mass is 349 g/mol. The first kappa shape index (κ1) is 15.5. The average Bonchev–Trinajstić information content (AvgIpc) is 2.47. The number of carboxylic acid groups (broad SMARTS) is 1. The van der Waals surface area contributed by atoms with Crippen molar-refractivity contribution in [2.75, 3.05) is 0 Å². The fourth-order valence-electron chi connectivity index (χ4n) is 1.99. The fourth-order valence-corrected chi connectivity index (χ4v) is 2.40. The SMILES string of the molecule is NCc1cc(OCc2ccccc2CC(=O)O)ccc1Br. The summed E-state index contributed by atoms with van der Waals surface area (Å²) in [6.45, 7) is 0.752. The molecule has 0 saturated carbocycles. The van der Waals surface area contributed by atoms with Crippen LogP contribution in [-0.2, 0) is 24.4 Å². The molecule has 0 heterocycles. The summed E-state index contributed by atoms with van der Waals surface area (Å²) < 4.78 is 6.69. The number of rotatable bonds is 6. The van der Waals surface area contributed by atoms with Crippen LogP contribution in [0, 0.1) is 0 Å². The van der Waals surface area contributed by atoms with Gasteiger partial charge >= 0.3 is 5.97 Å². The number of halogens is 1. The van der Waals surface area contributed by atoms with E-state index in [2.05, 4.69) is 15.9 Å². The Morgan fingerprint density at radius 1 is 1.14 bits per heavy atom. The van der Waals surface area contributed by atoms with Crippen molar-refractivity contribution >= 4 is 21.9 Å². The van der Waals surface area contributed by atoms with Crippen LogP contribution in [0.1, 0.15) is 16.7 Å². The summed E-state index contributed by atoms with van der Waals surface area (Å²) in [5.41, 5.74) is 8.26. The Morgan fingerprint density at radius 3 is 2.52 bits per heavy atom. The summed E-state index contributed by atoms with van der Waals surface area (Å²) >= 11 is 3.42. The lowest BCUT2D eigenvalue weighted by Gasteiger charge is -2.11. The molecular weight excluding hydrogens is 334 g/mol. The largest absolute Gasteiger partial charge is 0.489 e. The smallest absolute Gasteiger partial charge is 0.307 e. The van der Waals surface area contributed by atoms with E-state index in [0.717, 1.165) is 21.2 Å². The van der Waals surface area contributed by atoms with Gasteiger partial charge in [-0.3, -0.25) is 4.79 Å². The third-order valence-electron chi connectivity index (χ3n) is 3.09. The van der Waals surface area contributed by atoms with Crippen LogP contribution in [0.3, 0.4) is 0 Å². The van der Waals surface area contributed by atoms with Gasteiger partial charge in [-0.2, -0.15) is 0 Å².